The lowest BCUT2D eigenvalue weighted by Gasteiger charge is -2.19. The Morgan fingerprint density at radius 3 is 2.75 bits per heavy atom. The normalized spacial score (nSPS) is 20.5. The van der Waals surface area contributed by atoms with Gasteiger partial charge < -0.3 is 15.9 Å². The van der Waals surface area contributed by atoms with E-state index in [-0.39, 0.29) is 12.4 Å². The van der Waals surface area contributed by atoms with Gasteiger partial charge in [0.15, 0.2) is 5.78 Å². The van der Waals surface area contributed by atoms with Gasteiger partial charge in [0.1, 0.15) is 0 Å². The minimum Gasteiger partial charge on any atom is -0.395 e. The molecule has 90 valence electrons. The van der Waals surface area contributed by atoms with Crippen LogP contribution in [0.25, 0.3) is 0 Å². The molecule has 4 heteroatoms. The Morgan fingerprint density at radius 2 is 2.19 bits per heavy atom. The van der Waals surface area contributed by atoms with Crippen LogP contribution in [0.2, 0.25) is 0 Å². The van der Waals surface area contributed by atoms with Crippen molar-refractivity contribution in [2.24, 2.45) is 5.73 Å². The number of carbonyl (C=O) groups is 1. The van der Waals surface area contributed by atoms with Gasteiger partial charge in [-0.15, -0.1) is 0 Å². The number of aliphatic hydroxyl groups excluding tert-OH is 2. The van der Waals surface area contributed by atoms with Crippen LogP contribution in [0.3, 0.4) is 0 Å². The molecular weight excluding hydrogens is 206 g/mol. The molecule has 0 aromatic rings. The predicted octanol–water partition coefficient (Wildman–Crippen LogP) is 0.293. The Labute approximate surface area is 95.5 Å². The van der Waals surface area contributed by atoms with Crippen LogP contribution in [0, 0.1) is 0 Å². The maximum atomic E-state index is 11.2. The summed E-state index contributed by atoms with van der Waals surface area (Å²) in [5.41, 5.74) is 7.13. The molecule has 0 fully saturated rings. The first-order valence-electron chi connectivity index (χ1n) is 5.51. The zero-order valence-electron chi connectivity index (χ0n) is 9.52. The maximum absolute atomic E-state index is 11.2. The van der Waals surface area contributed by atoms with E-state index in [4.69, 9.17) is 10.8 Å². The minimum atomic E-state index is -0.826. The van der Waals surface area contributed by atoms with Crippen LogP contribution in [0.4, 0.5) is 0 Å². The van der Waals surface area contributed by atoms with Gasteiger partial charge in [0.25, 0.3) is 0 Å². The number of rotatable bonds is 4. The number of carbonyl (C=O) groups excluding carboxylic acids is 1. The number of nitrogens with two attached hydrogens (primary N) is 1. The lowest BCUT2D eigenvalue weighted by Crippen LogP contribution is -2.39. The van der Waals surface area contributed by atoms with Crippen LogP contribution < -0.4 is 5.73 Å². The molecule has 0 bridgehead atoms. The van der Waals surface area contributed by atoms with Crippen molar-refractivity contribution in [2.45, 2.75) is 38.3 Å². The summed E-state index contributed by atoms with van der Waals surface area (Å²) < 4.78 is 0. The highest BCUT2D eigenvalue weighted by atomic mass is 16.3. The molecule has 0 radical (unpaired) electrons. The molecule has 0 aromatic carbocycles. The third-order valence-electron chi connectivity index (χ3n) is 2.86. The summed E-state index contributed by atoms with van der Waals surface area (Å²) in [6.07, 6.45) is 4.94. The summed E-state index contributed by atoms with van der Waals surface area (Å²) in [5.74, 6) is 0.0680. The summed E-state index contributed by atoms with van der Waals surface area (Å²) in [7, 11) is 0. The third kappa shape index (κ3) is 3.27. The van der Waals surface area contributed by atoms with Crippen LogP contribution in [-0.2, 0) is 4.79 Å². The van der Waals surface area contributed by atoms with E-state index in [1.165, 1.54) is 0 Å². The second-order valence-corrected chi connectivity index (χ2v) is 4.13. The molecule has 2 unspecified atom stereocenters. The molecular formula is C12H19NO3. The van der Waals surface area contributed by atoms with E-state index in [1.54, 1.807) is 19.1 Å². The molecule has 0 heterocycles. The first-order valence-corrected chi connectivity index (χ1v) is 5.51. The second kappa shape index (κ2) is 5.94. The van der Waals surface area contributed by atoms with Crippen LogP contribution in [-0.4, -0.2) is 34.7 Å². The highest BCUT2D eigenvalue weighted by Gasteiger charge is 2.19. The molecule has 2 atom stereocenters. The summed E-state index contributed by atoms with van der Waals surface area (Å²) >= 11 is 0. The van der Waals surface area contributed by atoms with Crippen LogP contribution in [0.15, 0.2) is 23.3 Å². The molecule has 1 aliphatic rings. The van der Waals surface area contributed by atoms with E-state index in [2.05, 4.69) is 0 Å². The lowest BCUT2D eigenvalue weighted by molar-refractivity contribution is -0.113. The number of hydrogen-bond donors (Lipinski definition) is 3. The molecule has 0 spiro atoms. The summed E-state index contributed by atoms with van der Waals surface area (Å²) in [6, 6.07) is -0.654. The van der Waals surface area contributed by atoms with Crippen molar-refractivity contribution < 1.29 is 15.0 Å². The molecule has 4 nitrogen and oxygen atoms in total. The van der Waals surface area contributed by atoms with E-state index < -0.39 is 12.1 Å². The molecule has 0 saturated heterocycles. The van der Waals surface area contributed by atoms with Crippen molar-refractivity contribution >= 4 is 5.78 Å². The van der Waals surface area contributed by atoms with Gasteiger partial charge in [-0.25, -0.2) is 0 Å². The fourth-order valence-corrected chi connectivity index (χ4v) is 1.77. The predicted molar refractivity (Wildman–Crippen MR) is 61.8 cm³/mol. The first kappa shape index (κ1) is 13.1. The average molecular weight is 225 g/mol. The van der Waals surface area contributed by atoms with Gasteiger partial charge in [-0.1, -0.05) is 12.2 Å². The van der Waals surface area contributed by atoms with E-state index in [9.17, 15) is 9.90 Å². The third-order valence-corrected chi connectivity index (χ3v) is 2.86. The highest BCUT2D eigenvalue weighted by Crippen LogP contribution is 2.21. The van der Waals surface area contributed by atoms with Crippen LogP contribution in [0.1, 0.15) is 26.2 Å². The highest BCUT2D eigenvalue weighted by molar-refractivity contribution is 5.93. The summed E-state index contributed by atoms with van der Waals surface area (Å²) in [4.78, 5) is 11.2. The molecule has 1 rings (SSSR count). The van der Waals surface area contributed by atoms with Crippen molar-refractivity contribution in [3.63, 3.8) is 0 Å². The van der Waals surface area contributed by atoms with Crippen molar-refractivity contribution in [1.82, 2.24) is 0 Å². The zero-order valence-corrected chi connectivity index (χ0v) is 9.52. The van der Waals surface area contributed by atoms with Gasteiger partial charge in [-0.05, 0) is 37.3 Å². The van der Waals surface area contributed by atoms with E-state index >= 15 is 0 Å². The number of aliphatic hydroxyl groups is 2. The zero-order chi connectivity index (χ0) is 12.1. The molecule has 0 aliphatic heterocycles. The first-order chi connectivity index (χ1) is 7.56. The fourth-order valence-electron chi connectivity index (χ4n) is 1.77. The minimum absolute atomic E-state index is 0.0680. The second-order valence-electron chi connectivity index (χ2n) is 4.13. The number of hydrogen-bond acceptors (Lipinski definition) is 4. The molecule has 0 amide bonds. The average Bonchev–Trinajstić information content (AvgIpc) is 2.52. The van der Waals surface area contributed by atoms with Crippen LogP contribution in [0.5, 0.6) is 0 Å². The monoisotopic (exact) mass is 225 g/mol. The number of Topliss-reactive ketones (excluding diaryl/α,β-unsaturated/α-hetero) is 1. The van der Waals surface area contributed by atoms with Crippen molar-refractivity contribution in [2.75, 3.05) is 6.61 Å². The van der Waals surface area contributed by atoms with Crippen LogP contribution >= 0.6 is 0 Å². The Hall–Kier alpha value is -0.970. The van der Waals surface area contributed by atoms with Gasteiger partial charge in [-0.3, -0.25) is 4.79 Å². The quantitative estimate of drug-likeness (QED) is 0.642. The van der Waals surface area contributed by atoms with E-state index in [1.807, 2.05) is 0 Å². The maximum Gasteiger partial charge on any atom is 0.155 e. The Bertz CT molecular complexity index is 320. The SMILES string of the molecule is CC(=O)C1=CC=C(C(O)C(N)CO)CCC1. The molecule has 4 N–H and O–H groups in total. The Morgan fingerprint density at radius 1 is 1.50 bits per heavy atom. The van der Waals surface area contributed by atoms with Gasteiger partial charge in [0.05, 0.1) is 18.8 Å². The smallest absolute Gasteiger partial charge is 0.155 e. The Kier molecular flexibility index (Phi) is 4.86. The van der Waals surface area contributed by atoms with Gasteiger partial charge in [-0.2, -0.15) is 0 Å². The number of allylic oxidation sites excluding steroid dienone is 3. The van der Waals surface area contributed by atoms with E-state index in [0.717, 1.165) is 24.0 Å². The van der Waals surface area contributed by atoms with Gasteiger partial charge >= 0.3 is 0 Å². The molecule has 16 heavy (non-hydrogen) atoms. The topological polar surface area (TPSA) is 83.5 Å². The van der Waals surface area contributed by atoms with Crippen molar-refractivity contribution in [1.29, 1.82) is 0 Å². The van der Waals surface area contributed by atoms with Crippen molar-refractivity contribution in [3.8, 4) is 0 Å². The lowest BCUT2D eigenvalue weighted by atomic mass is 9.99. The summed E-state index contributed by atoms with van der Waals surface area (Å²) in [6.45, 7) is 1.29. The Balaban J connectivity index is 2.78. The summed E-state index contributed by atoms with van der Waals surface area (Å²) in [5, 5.41) is 18.7. The molecule has 1 aliphatic carbocycles. The standard InChI is InChI=1S/C12H19NO3/c1-8(15)9-3-2-4-10(6-5-9)12(16)11(13)7-14/h5-6,11-12,14,16H,2-4,7,13H2,1H3. The fraction of sp³-hybridized carbons (Fsp3) is 0.583. The number of ketones is 1. The van der Waals surface area contributed by atoms with E-state index in [0.29, 0.717) is 6.42 Å². The molecule has 0 saturated carbocycles. The largest absolute Gasteiger partial charge is 0.395 e. The van der Waals surface area contributed by atoms with Gasteiger partial charge in [0, 0.05) is 0 Å². The van der Waals surface area contributed by atoms with Crippen molar-refractivity contribution in [3.05, 3.63) is 23.3 Å². The molecule has 0 aromatic heterocycles. The van der Waals surface area contributed by atoms with Gasteiger partial charge in [0.2, 0.25) is 0 Å².